The topological polar surface area (TPSA) is 111 Å². The van der Waals surface area contributed by atoms with E-state index < -0.39 is 5.97 Å². The summed E-state index contributed by atoms with van der Waals surface area (Å²) in [7, 11) is 0. The molecule has 0 heterocycles. The number of hydrogen-bond acceptors (Lipinski definition) is 9. The van der Waals surface area contributed by atoms with Gasteiger partial charge in [-0.15, -0.1) is 0 Å². The van der Waals surface area contributed by atoms with Gasteiger partial charge in [-0.25, -0.2) is 0 Å². The van der Waals surface area contributed by atoms with Crippen molar-refractivity contribution >= 4 is 5.97 Å². The molecular formula is C23H38O10. The van der Waals surface area contributed by atoms with Crippen molar-refractivity contribution < 1.29 is 47.8 Å². The SMILES string of the molecule is O=C(O)CCOCCOCCOCCOCCOCCOCCOCCOc1ccccc1. The van der Waals surface area contributed by atoms with Crippen LogP contribution in [0.2, 0.25) is 0 Å². The number of aliphatic carboxylic acids is 1. The second kappa shape index (κ2) is 23.4. The second-order valence-corrected chi connectivity index (χ2v) is 6.59. The van der Waals surface area contributed by atoms with Crippen LogP contribution in [-0.2, 0) is 38.0 Å². The molecule has 0 unspecified atom stereocenters. The summed E-state index contributed by atoms with van der Waals surface area (Å²) in [5.74, 6) is -0.0304. The summed E-state index contributed by atoms with van der Waals surface area (Å²) in [6.45, 7) is 6.98. The highest BCUT2D eigenvalue weighted by Crippen LogP contribution is 2.07. The fraction of sp³-hybridized carbons (Fsp3) is 0.696. The Labute approximate surface area is 195 Å². The Balaban J connectivity index is 1.65. The first-order valence-electron chi connectivity index (χ1n) is 11.2. The van der Waals surface area contributed by atoms with Gasteiger partial charge in [-0.05, 0) is 12.1 Å². The van der Waals surface area contributed by atoms with Crippen LogP contribution in [0.15, 0.2) is 30.3 Å². The predicted molar refractivity (Wildman–Crippen MR) is 120 cm³/mol. The molecule has 0 radical (unpaired) electrons. The number of ether oxygens (including phenoxy) is 8. The van der Waals surface area contributed by atoms with Gasteiger partial charge < -0.3 is 43.0 Å². The Morgan fingerprint density at radius 2 is 0.848 bits per heavy atom. The number of rotatable bonds is 25. The van der Waals surface area contributed by atoms with Crippen LogP contribution in [0, 0.1) is 0 Å². The number of para-hydroxylation sites is 1. The Morgan fingerprint density at radius 3 is 1.21 bits per heavy atom. The third-order valence-electron chi connectivity index (χ3n) is 3.93. The molecule has 0 aliphatic heterocycles. The fourth-order valence-corrected chi connectivity index (χ4v) is 2.32. The van der Waals surface area contributed by atoms with Crippen molar-refractivity contribution in [3.05, 3.63) is 30.3 Å². The van der Waals surface area contributed by atoms with Crippen LogP contribution in [0.1, 0.15) is 6.42 Å². The van der Waals surface area contributed by atoms with Crippen molar-refractivity contribution in [2.45, 2.75) is 6.42 Å². The third-order valence-corrected chi connectivity index (χ3v) is 3.93. The monoisotopic (exact) mass is 474 g/mol. The van der Waals surface area contributed by atoms with Gasteiger partial charge >= 0.3 is 5.97 Å². The molecule has 0 spiro atoms. The molecule has 10 nitrogen and oxygen atoms in total. The number of carbonyl (C=O) groups is 1. The van der Waals surface area contributed by atoms with Gasteiger partial charge in [0.15, 0.2) is 0 Å². The molecule has 0 atom stereocenters. The molecule has 190 valence electrons. The van der Waals surface area contributed by atoms with Gasteiger partial charge in [-0.1, -0.05) is 18.2 Å². The number of hydrogen-bond donors (Lipinski definition) is 1. The molecule has 0 amide bonds. The van der Waals surface area contributed by atoms with Gasteiger partial charge in [0, 0.05) is 0 Å². The summed E-state index contributed by atoms with van der Waals surface area (Å²) in [6.07, 6.45) is 0.00404. The minimum Gasteiger partial charge on any atom is -0.491 e. The van der Waals surface area contributed by atoms with Gasteiger partial charge in [0.1, 0.15) is 12.4 Å². The van der Waals surface area contributed by atoms with E-state index in [1.807, 2.05) is 30.3 Å². The van der Waals surface area contributed by atoms with Crippen molar-refractivity contribution in [1.82, 2.24) is 0 Å². The summed E-state index contributed by atoms with van der Waals surface area (Å²) in [5, 5.41) is 8.45. The quantitative estimate of drug-likeness (QED) is 0.210. The number of carboxylic acid groups (broad SMARTS) is 1. The lowest BCUT2D eigenvalue weighted by Gasteiger charge is -2.09. The second-order valence-electron chi connectivity index (χ2n) is 6.59. The van der Waals surface area contributed by atoms with E-state index in [0.29, 0.717) is 92.5 Å². The lowest BCUT2D eigenvalue weighted by Crippen LogP contribution is -2.15. The van der Waals surface area contributed by atoms with E-state index >= 15 is 0 Å². The molecule has 0 aromatic heterocycles. The molecule has 0 fully saturated rings. The first-order valence-corrected chi connectivity index (χ1v) is 11.2. The molecule has 0 aliphatic rings. The van der Waals surface area contributed by atoms with Crippen molar-refractivity contribution in [2.24, 2.45) is 0 Å². The van der Waals surface area contributed by atoms with Crippen molar-refractivity contribution in [2.75, 3.05) is 99.1 Å². The Kier molecular flexibility index (Phi) is 20.7. The minimum absolute atomic E-state index is 0.00404. The van der Waals surface area contributed by atoms with E-state index in [1.165, 1.54) is 0 Å². The summed E-state index contributed by atoms with van der Waals surface area (Å²) in [6, 6.07) is 9.63. The zero-order valence-corrected chi connectivity index (χ0v) is 19.3. The van der Waals surface area contributed by atoms with Crippen LogP contribution in [0.4, 0.5) is 0 Å². The van der Waals surface area contributed by atoms with Gasteiger partial charge in [0.25, 0.3) is 0 Å². The van der Waals surface area contributed by atoms with E-state index in [9.17, 15) is 4.79 Å². The summed E-state index contributed by atoms with van der Waals surface area (Å²) < 4.78 is 43.0. The molecule has 0 saturated heterocycles. The first kappa shape index (κ1) is 29.2. The summed E-state index contributed by atoms with van der Waals surface area (Å²) >= 11 is 0. The van der Waals surface area contributed by atoms with E-state index in [4.69, 9.17) is 43.0 Å². The maximum atomic E-state index is 10.3. The largest absolute Gasteiger partial charge is 0.491 e. The van der Waals surface area contributed by atoms with Crippen molar-refractivity contribution in [3.8, 4) is 5.75 Å². The fourth-order valence-electron chi connectivity index (χ4n) is 2.32. The van der Waals surface area contributed by atoms with E-state index in [1.54, 1.807) is 0 Å². The molecule has 1 aromatic rings. The molecule has 0 bridgehead atoms. The summed E-state index contributed by atoms with van der Waals surface area (Å²) in [4.78, 5) is 10.3. The van der Waals surface area contributed by atoms with Gasteiger partial charge in [-0.3, -0.25) is 4.79 Å². The standard InChI is InChI=1S/C23H38O10/c24-23(25)6-7-26-8-9-27-10-11-28-12-13-29-14-15-30-16-17-31-18-19-32-20-21-33-22-4-2-1-3-5-22/h1-5H,6-21H2,(H,24,25). The molecule has 0 aliphatic carbocycles. The predicted octanol–water partition coefficient (Wildman–Crippen LogP) is 1.66. The lowest BCUT2D eigenvalue weighted by atomic mass is 10.3. The number of carboxylic acids is 1. The van der Waals surface area contributed by atoms with Crippen LogP contribution >= 0.6 is 0 Å². The Morgan fingerprint density at radius 1 is 0.515 bits per heavy atom. The van der Waals surface area contributed by atoms with Crippen LogP contribution in [0.5, 0.6) is 5.75 Å². The summed E-state index contributed by atoms with van der Waals surface area (Å²) in [5.41, 5.74) is 0. The van der Waals surface area contributed by atoms with Crippen LogP contribution in [0.3, 0.4) is 0 Å². The highest BCUT2D eigenvalue weighted by atomic mass is 16.6. The molecular weight excluding hydrogens is 436 g/mol. The van der Waals surface area contributed by atoms with Crippen LogP contribution in [-0.4, -0.2) is 110 Å². The van der Waals surface area contributed by atoms with Gasteiger partial charge in [0.2, 0.25) is 0 Å². The highest BCUT2D eigenvalue weighted by molar-refractivity contribution is 5.66. The van der Waals surface area contributed by atoms with E-state index in [0.717, 1.165) is 5.75 Å². The molecule has 1 aromatic carbocycles. The maximum absolute atomic E-state index is 10.3. The molecule has 10 heteroatoms. The lowest BCUT2D eigenvalue weighted by molar-refractivity contribution is -0.138. The van der Waals surface area contributed by atoms with E-state index in [2.05, 4.69) is 0 Å². The average Bonchev–Trinajstić information content (AvgIpc) is 2.82. The highest BCUT2D eigenvalue weighted by Gasteiger charge is 1.97. The van der Waals surface area contributed by atoms with Gasteiger partial charge in [-0.2, -0.15) is 0 Å². The Hall–Kier alpha value is -1.79. The van der Waals surface area contributed by atoms with E-state index in [-0.39, 0.29) is 13.0 Å². The van der Waals surface area contributed by atoms with Crippen molar-refractivity contribution in [3.63, 3.8) is 0 Å². The Bertz CT molecular complexity index is 543. The van der Waals surface area contributed by atoms with Crippen molar-refractivity contribution in [1.29, 1.82) is 0 Å². The molecule has 33 heavy (non-hydrogen) atoms. The molecule has 0 saturated carbocycles. The van der Waals surface area contributed by atoms with Crippen LogP contribution in [0.25, 0.3) is 0 Å². The third kappa shape index (κ3) is 21.8. The average molecular weight is 475 g/mol. The number of benzene rings is 1. The zero-order chi connectivity index (χ0) is 23.7. The van der Waals surface area contributed by atoms with Gasteiger partial charge in [0.05, 0.1) is 98.9 Å². The maximum Gasteiger partial charge on any atom is 0.305 e. The first-order chi connectivity index (χ1) is 16.3. The van der Waals surface area contributed by atoms with Crippen LogP contribution < -0.4 is 4.74 Å². The zero-order valence-electron chi connectivity index (χ0n) is 19.3. The molecule has 1 N–H and O–H groups in total. The normalized spacial score (nSPS) is 11.0. The molecule has 1 rings (SSSR count). The minimum atomic E-state index is -0.870. The smallest absolute Gasteiger partial charge is 0.305 e.